The second-order valence-corrected chi connectivity index (χ2v) is 7.34. The number of benzene rings is 1. The van der Waals surface area contributed by atoms with E-state index in [0.717, 1.165) is 13.1 Å². The quantitative estimate of drug-likeness (QED) is 0.839. The molecule has 0 heterocycles. The molecular weight excluding hydrogens is 261 g/mol. The molecule has 2 saturated carbocycles. The van der Waals surface area contributed by atoms with Gasteiger partial charge in [0.1, 0.15) is 5.82 Å². The van der Waals surface area contributed by atoms with Gasteiger partial charge in [-0.3, -0.25) is 0 Å². The number of nitrogens with one attached hydrogen (secondary N) is 1. The predicted molar refractivity (Wildman–Crippen MR) is 86.0 cm³/mol. The largest absolute Gasteiger partial charge is 0.316 e. The second kappa shape index (κ2) is 6.08. The van der Waals surface area contributed by atoms with Crippen LogP contribution < -0.4 is 5.32 Å². The highest BCUT2D eigenvalue weighted by Gasteiger charge is 2.54. The van der Waals surface area contributed by atoms with Crippen molar-refractivity contribution in [1.29, 1.82) is 0 Å². The third-order valence-electron chi connectivity index (χ3n) is 5.76. The van der Waals surface area contributed by atoms with Gasteiger partial charge in [-0.25, -0.2) is 4.39 Å². The van der Waals surface area contributed by atoms with E-state index in [9.17, 15) is 4.39 Å². The molecule has 2 heteroatoms. The van der Waals surface area contributed by atoms with E-state index in [1.807, 2.05) is 12.1 Å². The molecule has 0 amide bonds. The summed E-state index contributed by atoms with van der Waals surface area (Å²) in [6.45, 7) is 4.21. The first-order valence-corrected chi connectivity index (χ1v) is 8.65. The standard InChI is InChI=1S/C19H28FN/c1-2-21-15-19(16-7-9-17(20)10-8-16)13-18(14-19)11-5-3-4-6-12-18/h7-10,21H,2-6,11-15H2,1H3. The zero-order valence-electron chi connectivity index (χ0n) is 13.3. The minimum Gasteiger partial charge on any atom is -0.316 e. The normalized spacial score (nSPS) is 23.5. The average Bonchev–Trinajstić information content (AvgIpc) is 2.70. The van der Waals surface area contributed by atoms with Gasteiger partial charge in [0.2, 0.25) is 0 Å². The molecule has 1 N–H and O–H groups in total. The van der Waals surface area contributed by atoms with Crippen LogP contribution in [0.3, 0.4) is 0 Å². The Kier molecular flexibility index (Phi) is 4.35. The van der Waals surface area contributed by atoms with Gasteiger partial charge in [-0.05, 0) is 55.3 Å². The fourth-order valence-electron chi connectivity index (χ4n) is 4.81. The van der Waals surface area contributed by atoms with Crippen LogP contribution in [0.15, 0.2) is 24.3 Å². The molecule has 2 aliphatic rings. The number of rotatable bonds is 4. The van der Waals surface area contributed by atoms with Crippen LogP contribution >= 0.6 is 0 Å². The van der Waals surface area contributed by atoms with Crippen molar-refractivity contribution in [3.63, 3.8) is 0 Å². The fourth-order valence-corrected chi connectivity index (χ4v) is 4.81. The maximum atomic E-state index is 13.2. The number of halogens is 1. The van der Waals surface area contributed by atoms with Gasteiger partial charge in [0.05, 0.1) is 0 Å². The van der Waals surface area contributed by atoms with Crippen molar-refractivity contribution in [2.75, 3.05) is 13.1 Å². The van der Waals surface area contributed by atoms with Crippen LogP contribution in [-0.4, -0.2) is 13.1 Å². The van der Waals surface area contributed by atoms with Crippen molar-refractivity contribution in [2.45, 2.75) is 63.7 Å². The van der Waals surface area contributed by atoms with E-state index in [0.29, 0.717) is 5.41 Å². The molecule has 0 bridgehead atoms. The third kappa shape index (κ3) is 3.01. The van der Waals surface area contributed by atoms with E-state index < -0.39 is 0 Å². The molecule has 1 aromatic rings. The summed E-state index contributed by atoms with van der Waals surface area (Å²) in [5, 5.41) is 3.55. The number of likely N-dealkylation sites (N-methyl/N-ethyl adjacent to an activating group) is 1. The summed E-state index contributed by atoms with van der Waals surface area (Å²) in [5.74, 6) is -0.124. The molecule has 0 aliphatic heterocycles. The highest BCUT2D eigenvalue weighted by Crippen LogP contribution is 2.61. The van der Waals surface area contributed by atoms with E-state index in [2.05, 4.69) is 12.2 Å². The summed E-state index contributed by atoms with van der Waals surface area (Å²) in [4.78, 5) is 0. The zero-order valence-corrected chi connectivity index (χ0v) is 13.3. The van der Waals surface area contributed by atoms with Crippen LogP contribution in [0.5, 0.6) is 0 Å². The van der Waals surface area contributed by atoms with Crippen molar-refractivity contribution in [3.05, 3.63) is 35.6 Å². The van der Waals surface area contributed by atoms with Crippen LogP contribution in [0.2, 0.25) is 0 Å². The van der Waals surface area contributed by atoms with Crippen LogP contribution in [0.1, 0.15) is 63.9 Å². The van der Waals surface area contributed by atoms with Crippen LogP contribution in [0.25, 0.3) is 0 Å². The molecule has 1 nitrogen and oxygen atoms in total. The average molecular weight is 289 g/mol. The highest BCUT2D eigenvalue weighted by molar-refractivity contribution is 5.32. The Hall–Kier alpha value is -0.890. The maximum Gasteiger partial charge on any atom is 0.123 e. The molecular formula is C19H28FN. The Labute approximate surface area is 128 Å². The van der Waals surface area contributed by atoms with Gasteiger partial charge in [-0.15, -0.1) is 0 Å². The van der Waals surface area contributed by atoms with Gasteiger partial charge in [0.25, 0.3) is 0 Å². The molecule has 21 heavy (non-hydrogen) atoms. The molecule has 0 unspecified atom stereocenters. The van der Waals surface area contributed by atoms with E-state index >= 15 is 0 Å². The summed E-state index contributed by atoms with van der Waals surface area (Å²) >= 11 is 0. The Morgan fingerprint density at radius 2 is 1.62 bits per heavy atom. The highest BCUT2D eigenvalue weighted by atomic mass is 19.1. The molecule has 0 aromatic heterocycles. The fraction of sp³-hybridized carbons (Fsp3) is 0.684. The molecule has 1 spiro atoms. The lowest BCUT2D eigenvalue weighted by Gasteiger charge is -2.57. The monoisotopic (exact) mass is 289 g/mol. The Bertz CT molecular complexity index is 449. The summed E-state index contributed by atoms with van der Waals surface area (Å²) in [6.07, 6.45) is 11.0. The third-order valence-corrected chi connectivity index (χ3v) is 5.76. The molecule has 0 atom stereocenters. The summed E-state index contributed by atoms with van der Waals surface area (Å²) in [6, 6.07) is 7.27. The topological polar surface area (TPSA) is 12.0 Å². The summed E-state index contributed by atoms with van der Waals surface area (Å²) < 4.78 is 13.2. The zero-order chi connectivity index (χ0) is 14.8. The van der Waals surface area contributed by atoms with Gasteiger partial charge in [-0.1, -0.05) is 44.7 Å². The summed E-state index contributed by atoms with van der Waals surface area (Å²) in [7, 11) is 0. The van der Waals surface area contributed by atoms with Gasteiger partial charge in [0.15, 0.2) is 0 Å². The first kappa shape index (κ1) is 15.0. The maximum absolute atomic E-state index is 13.2. The first-order valence-electron chi connectivity index (χ1n) is 8.65. The van der Waals surface area contributed by atoms with E-state index in [1.54, 1.807) is 12.1 Å². The second-order valence-electron chi connectivity index (χ2n) is 7.34. The SMILES string of the molecule is CCNCC1(c2ccc(F)cc2)CC2(CCCCCC2)C1. The van der Waals surface area contributed by atoms with Crippen LogP contribution in [0, 0.1) is 11.2 Å². The van der Waals surface area contributed by atoms with Crippen molar-refractivity contribution < 1.29 is 4.39 Å². The molecule has 0 saturated heterocycles. The van der Waals surface area contributed by atoms with Crippen molar-refractivity contribution >= 4 is 0 Å². The lowest BCUT2D eigenvalue weighted by molar-refractivity contribution is 0.00640. The minimum atomic E-state index is -0.124. The van der Waals surface area contributed by atoms with E-state index in [4.69, 9.17) is 0 Å². The van der Waals surface area contributed by atoms with Gasteiger partial charge in [-0.2, -0.15) is 0 Å². The Balaban J connectivity index is 1.78. The number of hydrogen-bond donors (Lipinski definition) is 1. The predicted octanol–water partition coefficient (Wildman–Crippen LogP) is 4.81. The van der Waals surface area contributed by atoms with Crippen molar-refractivity contribution in [2.24, 2.45) is 5.41 Å². The molecule has 116 valence electrons. The van der Waals surface area contributed by atoms with Gasteiger partial charge in [0, 0.05) is 12.0 Å². The molecule has 1 aromatic carbocycles. The lowest BCUT2D eigenvalue weighted by atomic mass is 9.48. The van der Waals surface area contributed by atoms with Gasteiger partial charge < -0.3 is 5.32 Å². The molecule has 2 aliphatic carbocycles. The molecule has 3 rings (SSSR count). The summed E-state index contributed by atoms with van der Waals surface area (Å²) in [5.41, 5.74) is 2.16. The Morgan fingerprint density at radius 3 is 2.19 bits per heavy atom. The molecule has 0 radical (unpaired) electrons. The van der Waals surface area contributed by atoms with Crippen LogP contribution in [0.4, 0.5) is 4.39 Å². The van der Waals surface area contributed by atoms with Gasteiger partial charge >= 0.3 is 0 Å². The number of hydrogen-bond acceptors (Lipinski definition) is 1. The van der Waals surface area contributed by atoms with Crippen LogP contribution in [-0.2, 0) is 5.41 Å². The van der Waals surface area contributed by atoms with Crippen molar-refractivity contribution in [3.8, 4) is 0 Å². The van der Waals surface area contributed by atoms with E-state index in [-0.39, 0.29) is 11.2 Å². The molecule has 2 fully saturated rings. The smallest absolute Gasteiger partial charge is 0.123 e. The van der Waals surface area contributed by atoms with Crippen molar-refractivity contribution in [1.82, 2.24) is 5.32 Å². The first-order chi connectivity index (χ1) is 10.2. The Morgan fingerprint density at radius 1 is 1.00 bits per heavy atom. The lowest BCUT2D eigenvalue weighted by Crippen LogP contribution is -2.54. The minimum absolute atomic E-state index is 0.124. The van der Waals surface area contributed by atoms with E-state index in [1.165, 1.54) is 56.9 Å².